The molecule has 2 aromatic rings. The second-order valence-corrected chi connectivity index (χ2v) is 7.13. The second-order valence-electron chi connectivity index (χ2n) is 7.13. The number of anilines is 2. The number of rotatable bonds is 4. The molecular formula is C21H24N2O2. The van der Waals surface area contributed by atoms with Gasteiger partial charge in [-0.05, 0) is 63.8 Å². The van der Waals surface area contributed by atoms with E-state index < -0.39 is 5.41 Å². The van der Waals surface area contributed by atoms with E-state index in [9.17, 15) is 9.59 Å². The molecule has 3 rings (SSSR count). The average Bonchev–Trinajstić information content (AvgIpc) is 3.34. The topological polar surface area (TPSA) is 58.2 Å². The maximum absolute atomic E-state index is 12.8. The first-order chi connectivity index (χ1) is 11.8. The molecule has 130 valence electrons. The molecule has 0 saturated heterocycles. The van der Waals surface area contributed by atoms with Crippen LogP contribution < -0.4 is 10.6 Å². The van der Waals surface area contributed by atoms with E-state index in [0.29, 0.717) is 12.8 Å². The van der Waals surface area contributed by atoms with Crippen molar-refractivity contribution >= 4 is 23.2 Å². The third-order valence-corrected chi connectivity index (χ3v) is 4.84. The van der Waals surface area contributed by atoms with Gasteiger partial charge in [-0.3, -0.25) is 9.59 Å². The smallest absolute Gasteiger partial charge is 0.240 e. The van der Waals surface area contributed by atoms with Crippen molar-refractivity contribution in [3.8, 4) is 0 Å². The Morgan fingerprint density at radius 2 is 1.32 bits per heavy atom. The SMILES string of the molecule is Cc1ccc(NC(=O)C2(C(=O)Nc3c(C)cc(C)cc3C)CC2)cc1. The van der Waals surface area contributed by atoms with Crippen molar-refractivity contribution in [1.82, 2.24) is 0 Å². The summed E-state index contributed by atoms with van der Waals surface area (Å²) in [5, 5.41) is 5.86. The molecule has 0 radical (unpaired) electrons. The highest BCUT2D eigenvalue weighted by Gasteiger charge is 2.56. The molecule has 4 nitrogen and oxygen atoms in total. The molecule has 1 aliphatic carbocycles. The molecule has 25 heavy (non-hydrogen) atoms. The summed E-state index contributed by atoms with van der Waals surface area (Å²) in [6.45, 7) is 7.97. The maximum Gasteiger partial charge on any atom is 0.240 e. The van der Waals surface area contributed by atoms with Crippen molar-refractivity contribution < 1.29 is 9.59 Å². The van der Waals surface area contributed by atoms with Gasteiger partial charge >= 0.3 is 0 Å². The van der Waals surface area contributed by atoms with Crippen LogP contribution >= 0.6 is 0 Å². The number of benzene rings is 2. The normalized spacial score (nSPS) is 14.7. The minimum Gasteiger partial charge on any atom is -0.325 e. The van der Waals surface area contributed by atoms with Gasteiger partial charge in [0.2, 0.25) is 11.8 Å². The van der Waals surface area contributed by atoms with E-state index in [1.165, 1.54) is 0 Å². The zero-order valence-electron chi connectivity index (χ0n) is 15.2. The summed E-state index contributed by atoms with van der Waals surface area (Å²) in [6, 6.07) is 11.7. The highest BCUT2D eigenvalue weighted by Crippen LogP contribution is 2.47. The summed E-state index contributed by atoms with van der Waals surface area (Å²) in [7, 11) is 0. The first-order valence-corrected chi connectivity index (χ1v) is 8.59. The Morgan fingerprint density at radius 3 is 1.84 bits per heavy atom. The van der Waals surface area contributed by atoms with Gasteiger partial charge < -0.3 is 10.6 Å². The fourth-order valence-electron chi connectivity index (χ4n) is 3.18. The largest absolute Gasteiger partial charge is 0.325 e. The molecule has 0 bridgehead atoms. The number of nitrogens with one attached hydrogen (secondary N) is 2. The van der Waals surface area contributed by atoms with E-state index in [0.717, 1.165) is 33.6 Å². The second kappa shape index (κ2) is 6.36. The van der Waals surface area contributed by atoms with Crippen LogP contribution in [0, 0.1) is 33.1 Å². The van der Waals surface area contributed by atoms with E-state index in [1.54, 1.807) is 0 Å². The minimum absolute atomic E-state index is 0.216. The lowest BCUT2D eigenvalue weighted by Gasteiger charge is -2.18. The number of hydrogen-bond acceptors (Lipinski definition) is 2. The van der Waals surface area contributed by atoms with Crippen molar-refractivity contribution in [2.45, 2.75) is 40.5 Å². The number of carbonyl (C=O) groups is 2. The number of hydrogen-bond donors (Lipinski definition) is 2. The van der Waals surface area contributed by atoms with Crippen LogP contribution in [-0.2, 0) is 9.59 Å². The van der Waals surface area contributed by atoms with Crippen LogP contribution in [0.15, 0.2) is 36.4 Å². The zero-order chi connectivity index (χ0) is 18.2. The van der Waals surface area contributed by atoms with Crippen LogP contribution in [0.1, 0.15) is 35.1 Å². The van der Waals surface area contributed by atoms with Crippen molar-refractivity contribution in [2.24, 2.45) is 5.41 Å². The molecule has 1 aliphatic rings. The molecule has 2 aromatic carbocycles. The summed E-state index contributed by atoms with van der Waals surface area (Å²) in [6.07, 6.45) is 1.17. The third-order valence-electron chi connectivity index (χ3n) is 4.84. The molecular weight excluding hydrogens is 312 g/mol. The quantitative estimate of drug-likeness (QED) is 0.819. The summed E-state index contributed by atoms with van der Waals surface area (Å²) in [4.78, 5) is 25.5. The van der Waals surface area contributed by atoms with Crippen molar-refractivity contribution in [2.75, 3.05) is 10.6 Å². The monoisotopic (exact) mass is 336 g/mol. The Hall–Kier alpha value is -2.62. The van der Waals surface area contributed by atoms with E-state index in [4.69, 9.17) is 0 Å². The van der Waals surface area contributed by atoms with Crippen LogP contribution in [0.3, 0.4) is 0 Å². The van der Waals surface area contributed by atoms with Gasteiger partial charge in [0.05, 0.1) is 0 Å². The molecule has 0 unspecified atom stereocenters. The van der Waals surface area contributed by atoms with Gasteiger partial charge in [-0.25, -0.2) is 0 Å². The van der Waals surface area contributed by atoms with Crippen LogP contribution in [0.5, 0.6) is 0 Å². The van der Waals surface area contributed by atoms with Gasteiger partial charge in [0.15, 0.2) is 0 Å². The number of carbonyl (C=O) groups excluding carboxylic acids is 2. The van der Waals surface area contributed by atoms with Crippen LogP contribution in [0.25, 0.3) is 0 Å². The summed E-state index contributed by atoms with van der Waals surface area (Å²) < 4.78 is 0. The Balaban J connectivity index is 1.75. The Bertz CT molecular complexity index is 810. The van der Waals surface area contributed by atoms with Gasteiger partial charge in [-0.1, -0.05) is 35.4 Å². The van der Waals surface area contributed by atoms with E-state index in [-0.39, 0.29) is 11.8 Å². The van der Waals surface area contributed by atoms with E-state index in [2.05, 4.69) is 10.6 Å². The molecule has 0 atom stereocenters. The van der Waals surface area contributed by atoms with Crippen molar-refractivity contribution in [1.29, 1.82) is 0 Å². The molecule has 2 N–H and O–H groups in total. The third kappa shape index (κ3) is 3.43. The minimum atomic E-state index is -0.950. The van der Waals surface area contributed by atoms with Gasteiger partial charge in [-0.15, -0.1) is 0 Å². The van der Waals surface area contributed by atoms with Gasteiger partial charge in [0, 0.05) is 11.4 Å². The lowest BCUT2D eigenvalue weighted by atomic mass is 10.0. The lowest BCUT2D eigenvalue weighted by molar-refractivity contribution is -0.131. The Labute approximate surface area is 148 Å². The molecule has 0 heterocycles. The maximum atomic E-state index is 12.8. The number of aryl methyl sites for hydroxylation is 4. The summed E-state index contributed by atoms with van der Waals surface area (Å²) >= 11 is 0. The fourth-order valence-corrected chi connectivity index (χ4v) is 3.18. The Morgan fingerprint density at radius 1 is 0.800 bits per heavy atom. The van der Waals surface area contributed by atoms with Crippen LogP contribution in [-0.4, -0.2) is 11.8 Å². The molecule has 0 spiro atoms. The van der Waals surface area contributed by atoms with E-state index >= 15 is 0 Å². The lowest BCUT2D eigenvalue weighted by Crippen LogP contribution is -2.36. The summed E-state index contributed by atoms with van der Waals surface area (Å²) in [5.74, 6) is -0.441. The zero-order valence-corrected chi connectivity index (χ0v) is 15.2. The summed E-state index contributed by atoms with van der Waals surface area (Å²) in [5.41, 5.74) is 4.89. The molecule has 0 aromatic heterocycles. The van der Waals surface area contributed by atoms with Gasteiger partial charge in [-0.2, -0.15) is 0 Å². The van der Waals surface area contributed by atoms with Crippen LogP contribution in [0.4, 0.5) is 11.4 Å². The number of amides is 2. The molecule has 1 saturated carbocycles. The first kappa shape index (κ1) is 17.2. The Kier molecular flexibility index (Phi) is 4.38. The standard InChI is InChI=1S/C21H24N2O2/c1-13-5-7-17(8-6-13)22-19(24)21(9-10-21)20(25)23-18-15(3)11-14(2)12-16(18)4/h5-8,11-12H,9-10H2,1-4H3,(H,22,24)(H,23,25). The fraction of sp³-hybridized carbons (Fsp3) is 0.333. The molecule has 2 amide bonds. The highest BCUT2D eigenvalue weighted by molar-refractivity contribution is 6.17. The molecule has 1 fully saturated rings. The predicted molar refractivity (Wildman–Crippen MR) is 101 cm³/mol. The van der Waals surface area contributed by atoms with Gasteiger partial charge in [0.25, 0.3) is 0 Å². The highest BCUT2D eigenvalue weighted by atomic mass is 16.2. The van der Waals surface area contributed by atoms with Crippen LogP contribution in [0.2, 0.25) is 0 Å². The average molecular weight is 336 g/mol. The predicted octanol–water partition coefficient (Wildman–Crippen LogP) is 4.28. The van der Waals surface area contributed by atoms with E-state index in [1.807, 2.05) is 64.1 Å². The first-order valence-electron chi connectivity index (χ1n) is 8.59. The van der Waals surface area contributed by atoms with Crippen molar-refractivity contribution in [3.63, 3.8) is 0 Å². The van der Waals surface area contributed by atoms with Crippen molar-refractivity contribution in [3.05, 3.63) is 58.7 Å². The molecule has 0 aliphatic heterocycles. The molecule has 4 heteroatoms. The van der Waals surface area contributed by atoms with Gasteiger partial charge in [0.1, 0.15) is 5.41 Å².